The van der Waals surface area contributed by atoms with E-state index in [1.54, 1.807) is 0 Å². The lowest BCUT2D eigenvalue weighted by molar-refractivity contribution is -0.134. The van der Waals surface area contributed by atoms with E-state index in [4.69, 9.17) is 0 Å². The normalized spacial score (nSPS) is 22.2. The van der Waals surface area contributed by atoms with Crippen molar-refractivity contribution in [3.8, 4) is 0 Å². The van der Waals surface area contributed by atoms with E-state index in [1.807, 2.05) is 35.2 Å². The summed E-state index contributed by atoms with van der Waals surface area (Å²) in [5, 5.41) is 9.85. The summed E-state index contributed by atoms with van der Waals surface area (Å²) in [4.78, 5) is 28.9. The Morgan fingerprint density at radius 3 is 2.75 bits per heavy atom. The minimum absolute atomic E-state index is 0.0918. The average molecular weight is 327 g/mol. The van der Waals surface area contributed by atoms with Crippen LogP contribution in [0.4, 0.5) is 5.69 Å². The first-order chi connectivity index (χ1) is 11.7. The van der Waals surface area contributed by atoms with E-state index < -0.39 is 5.54 Å². The molecule has 2 heterocycles. The van der Waals surface area contributed by atoms with Gasteiger partial charge in [-0.15, -0.1) is 0 Å². The molecule has 1 aromatic carbocycles. The molecule has 0 bridgehead atoms. The Balaban J connectivity index is 1.47. The van der Waals surface area contributed by atoms with E-state index in [1.165, 1.54) is 0 Å². The fourth-order valence-electron chi connectivity index (χ4n) is 3.48. The molecule has 1 aliphatic carbocycles. The first kappa shape index (κ1) is 15.0. The molecule has 2 aromatic rings. The number of hydrogen-bond donors (Lipinski definition) is 3. The van der Waals surface area contributed by atoms with Crippen molar-refractivity contribution in [3.63, 3.8) is 0 Å². The molecule has 0 spiro atoms. The first-order valence-electron chi connectivity index (χ1n) is 8.43. The van der Waals surface area contributed by atoms with Crippen LogP contribution in [0.2, 0.25) is 0 Å². The summed E-state index contributed by atoms with van der Waals surface area (Å²) in [6, 6.07) is 9.87. The number of hydrogen-bond acceptors (Lipinski definition) is 4. The quantitative estimate of drug-likeness (QED) is 0.792. The van der Waals surface area contributed by atoms with Crippen molar-refractivity contribution in [2.75, 3.05) is 18.4 Å². The number of rotatable bonds is 4. The van der Waals surface area contributed by atoms with Gasteiger partial charge in [-0.25, -0.2) is 9.89 Å². The maximum Gasteiger partial charge on any atom is 0.340 e. The lowest BCUT2D eigenvalue weighted by Gasteiger charge is -2.34. The third-order valence-electron chi connectivity index (χ3n) is 4.93. The van der Waals surface area contributed by atoms with Crippen molar-refractivity contribution in [2.45, 2.75) is 37.1 Å². The second-order valence-electron chi connectivity index (χ2n) is 6.73. The van der Waals surface area contributed by atoms with Gasteiger partial charge in [0.1, 0.15) is 11.4 Å². The zero-order valence-electron chi connectivity index (χ0n) is 13.4. The molecule has 126 valence electrons. The molecule has 4 rings (SSSR count). The number of nitrogens with one attached hydrogen (secondary N) is 3. The molecule has 3 N–H and O–H groups in total. The van der Waals surface area contributed by atoms with Crippen molar-refractivity contribution in [2.24, 2.45) is 0 Å². The van der Waals surface area contributed by atoms with E-state index in [0.29, 0.717) is 12.4 Å². The standard InChI is InChI=1S/C17H21N5O2/c23-15(17(8-9-17)19-13-6-2-1-3-7-13)22-10-4-5-12(11-22)14-18-16(24)21-20-14/h1-3,6-7,12,19H,4-5,8-11H2,(H2,18,20,21,24). The molecule has 7 heteroatoms. The summed E-state index contributed by atoms with van der Waals surface area (Å²) in [5.74, 6) is 0.904. The Hall–Kier alpha value is -2.57. The molecular formula is C17H21N5O2. The molecule has 1 amide bonds. The number of piperidine rings is 1. The average Bonchev–Trinajstić information content (AvgIpc) is 3.26. The Bertz CT molecular complexity index is 778. The van der Waals surface area contributed by atoms with E-state index in [0.717, 1.165) is 37.9 Å². The third-order valence-corrected chi connectivity index (χ3v) is 4.93. The zero-order valence-corrected chi connectivity index (χ0v) is 13.4. The Kier molecular flexibility index (Phi) is 3.63. The van der Waals surface area contributed by atoms with Crippen LogP contribution in [0.15, 0.2) is 35.1 Å². The molecule has 0 radical (unpaired) electrons. The number of aromatic amines is 2. The molecule has 1 saturated heterocycles. The number of para-hydroxylation sites is 1. The smallest absolute Gasteiger partial charge is 0.340 e. The lowest BCUT2D eigenvalue weighted by Crippen LogP contribution is -2.48. The van der Waals surface area contributed by atoms with Gasteiger partial charge in [-0.05, 0) is 37.8 Å². The van der Waals surface area contributed by atoms with Gasteiger partial charge < -0.3 is 10.2 Å². The maximum atomic E-state index is 13.0. The SMILES string of the molecule is O=C(N1CCCC(c2n[nH]c(=O)[nH]2)C1)C1(Nc2ccccc2)CC1. The number of benzene rings is 1. The molecule has 1 unspecified atom stereocenters. The van der Waals surface area contributed by atoms with E-state index in [9.17, 15) is 9.59 Å². The van der Waals surface area contributed by atoms with Crippen LogP contribution >= 0.6 is 0 Å². The van der Waals surface area contributed by atoms with Crippen molar-refractivity contribution >= 4 is 11.6 Å². The molecule has 2 aliphatic rings. The summed E-state index contributed by atoms with van der Waals surface area (Å²) in [7, 11) is 0. The van der Waals surface area contributed by atoms with Gasteiger partial charge in [0.05, 0.1) is 0 Å². The summed E-state index contributed by atoms with van der Waals surface area (Å²) >= 11 is 0. The number of anilines is 1. The van der Waals surface area contributed by atoms with Crippen molar-refractivity contribution in [1.82, 2.24) is 20.1 Å². The minimum Gasteiger partial charge on any atom is -0.371 e. The van der Waals surface area contributed by atoms with Crippen LogP contribution in [0.3, 0.4) is 0 Å². The largest absolute Gasteiger partial charge is 0.371 e. The third kappa shape index (κ3) is 2.81. The van der Waals surface area contributed by atoms with Crippen molar-refractivity contribution < 1.29 is 4.79 Å². The predicted octanol–water partition coefficient (Wildman–Crippen LogP) is 1.45. The van der Waals surface area contributed by atoms with Crippen molar-refractivity contribution in [3.05, 3.63) is 46.6 Å². The van der Waals surface area contributed by atoms with Crippen LogP contribution < -0.4 is 11.0 Å². The number of amides is 1. The highest BCUT2D eigenvalue weighted by atomic mass is 16.2. The monoisotopic (exact) mass is 327 g/mol. The maximum absolute atomic E-state index is 13.0. The second kappa shape index (κ2) is 5.81. The van der Waals surface area contributed by atoms with E-state index >= 15 is 0 Å². The van der Waals surface area contributed by atoms with Gasteiger partial charge >= 0.3 is 5.69 Å². The van der Waals surface area contributed by atoms with Gasteiger partial charge in [0.2, 0.25) is 5.91 Å². The van der Waals surface area contributed by atoms with Crippen molar-refractivity contribution in [1.29, 1.82) is 0 Å². The van der Waals surface area contributed by atoms with Crippen LogP contribution in [0, 0.1) is 0 Å². The molecule has 7 nitrogen and oxygen atoms in total. The lowest BCUT2D eigenvalue weighted by atomic mass is 9.96. The highest BCUT2D eigenvalue weighted by molar-refractivity contribution is 5.92. The van der Waals surface area contributed by atoms with Gasteiger partial charge in [0.25, 0.3) is 0 Å². The van der Waals surface area contributed by atoms with Crippen LogP contribution in [-0.4, -0.2) is 44.6 Å². The summed E-state index contributed by atoms with van der Waals surface area (Å²) in [6.45, 7) is 1.38. The van der Waals surface area contributed by atoms with Crippen LogP contribution in [0.1, 0.15) is 37.4 Å². The number of carbonyl (C=O) groups excluding carboxylic acids is 1. The molecule has 1 aromatic heterocycles. The van der Waals surface area contributed by atoms with Crippen LogP contribution in [-0.2, 0) is 4.79 Å². The fraction of sp³-hybridized carbons (Fsp3) is 0.471. The summed E-state index contributed by atoms with van der Waals surface area (Å²) < 4.78 is 0. The van der Waals surface area contributed by atoms with Crippen LogP contribution in [0.5, 0.6) is 0 Å². The molecular weight excluding hydrogens is 306 g/mol. The summed E-state index contributed by atoms with van der Waals surface area (Å²) in [6.07, 6.45) is 3.58. The predicted molar refractivity (Wildman–Crippen MR) is 89.8 cm³/mol. The van der Waals surface area contributed by atoms with E-state index in [2.05, 4.69) is 20.5 Å². The number of nitrogens with zero attached hydrogens (tertiary/aromatic N) is 2. The van der Waals surface area contributed by atoms with Gasteiger partial charge in [-0.1, -0.05) is 18.2 Å². The number of likely N-dealkylation sites (tertiary alicyclic amines) is 1. The molecule has 1 aliphatic heterocycles. The highest BCUT2D eigenvalue weighted by Gasteiger charge is 2.52. The zero-order chi connectivity index (χ0) is 16.6. The number of H-pyrrole nitrogens is 2. The Labute approximate surface area is 139 Å². The Morgan fingerprint density at radius 1 is 1.29 bits per heavy atom. The highest BCUT2D eigenvalue weighted by Crippen LogP contribution is 2.41. The minimum atomic E-state index is -0.456. The molecule has 24 heavy (non-hydrogen) atoms. The van der Waals surface area contributed by atoms with Gasteiger partial charge in [0, 0.05) is 24.7 Å². The molecule has 1 saturated carbocycles. The first-order valence-corrected chi connectivity index (χ1v) is 8.43. The van der Waals surface area contributed by atoms with Gasteiger partial charge in [0.15, 0.2) is 0 Å². The number of carbonyl (C=O) groups is 1. The number of aromatic nitrogens is 3. The van der Waals surface area contributed by atoms with Crippen LogP contribution in [0.25, 0.3) is 0 Å². The van der Waals surface area contributed by atoms with Gasteiger partial charge in [-0.2, -0.15) is 5.10 Å². The fourth-order valence-corrected chi connectivity index (χ4v) is 3.48. The topological polar surface area (TPSA) is 93.9 Å². The summed E-state index contributed by atoms with van der Waals surface area (Å²) in [5.41, 5.74) is 0.230. The second-order valence-corrected chi connectivity index (χ2v) is 6.73. The van der Waals surface area contributed by atoms with Gasteiger partial charge in [-0.3, -0.25) is 9.78 Å². The van der Waals surface area contributed by atoms with E-state index in [-0.39, 0.29) is 17.5 Å². The Morgan fingerprint density at radius 2 is 2.08 bits per heavy atom. The molecule has 2 fully saturated rings. The molecule has 1 atom stereocenters.